The zero-order valence-electron chi connectivity index (χ0n) is 22.4. The van der Waals surface area contributed by atoms with Crippen molar-refractivity contribution >= 4 is 43.6 Å². The molecule has 1 unspecified atom stereocenters. The number of pyridine rings is 1. The molecule has 1 atom stereocenters. The van der Waals surface area contributed by atoms with E-state index >= 15 is 0 Å². The minimum atomic E-state index is 0. The van der Waals surface area contributed by atoms with E-state index in [1.54, 1.807) is 0 Å². The number of likely N-dealkylation sites (tertiary alicyclic amines) is 1. The Kier molecular flexibility index (Phi) is 6.65. The summed E-state index contributed by atoms with van der Waals surface area (Å²) in [6.45, 7) is 0.994. The van der Waals surface area contributed by atoms with Gasteiger partial charge in [-0.1, -0.05) is 53.5 Å². The van der Waals surface area contributed by atoms with Crippen molar-refractivity contribution in [2.75, 3.05) is 6.54 Å². The first-order chi connectivity index (χ1) is 19.8. The molecular formula is C35H27N4OPt-3. The number of rotatable bonds is 4. The Balaban J connectivity index is 0.00000276. The van der Waals surface area contributed by atoms with Crippen LogP contribution in [0.3, 0.4) is 0 Å². The van der Waals surface area contributed by atoms with E-state index in [-0.39, 0.29) is 27.2 Å². The van der Waals surface area contributed by atoms with Gasteiger partial charge in [0.1, 0.15) is 5.82 Å². The van der Waals surface area contributed by atoms with Crippen LogP contribution in [0.15, 0.2) is 97.2 Å². The van der Waals surface area contributed by atoms with Crippen LogP contribution in [-0.2, 0) is 21.1 Å². The SMILES string of the molecule is [CH2-]N1CCCCC1n1c2[c-]c(Oc3[c-]c4c(cc3)c3ccccc3n4-c3ccccn3)ccc2c2ccccc21.[Pt]. The van der Waals surface area contributed by atoms with Crippen molar-refractivity contribution in [2.24, 2.45) is 0 Å². The number of benzene rings is 4. The molecule has 5 nitrogen and oxygen atoms in total. The number of hydrogen-bond acceptors (Lipinski definition) is 3. The number of fused-ring (bicyclic) bond motifs is 6. The maximum Gasteiger partial charge on any atom is 0.135 e. The zero-order chi connectivity index (χ0) is 26.6. The molecule has 4 heterocycles. The third-order valence-corrected chi connectivity index (χ3v) is 8.13. The molecular weight excluding hydrogens is 687 g/mol. The van der Waals surface area contributed by atoms with Crippen molar-refractivity contribution in [2.45, 2.75) is 25.4 Å². The Labute approximate surface area is 253 Å². The average Bonchev–Trinajstić information content (AvgIpc) is 3.50. The van der Waals surface area contributed by atoms with Gasteiger partial charge in [-0.3, -0.25) is 7.05 Å². The first-order valence-corrected chi connectivity index (χ1v) is 13.8. The van der Waals surface area contributed by atoms with Gasteiger partial charge in [0.05, 0.1) is 6.17 Å². The van der Waals surface area contributed by atoms with Gasteiger partial charge < -0.3 is 18.8 Å². The predicted octanol–water partition coefficient (Wildman–Crippen LogP) is 8.45. The third-order valence-electron chi connectivity index (χ3n) is 8.13. The minimum absolute atomic E-state index is 0. The molecule has 0 radical (unpaired) electrons. The van der Waals surface area contributed by atoms with Gasteiger partial charge in [0.2, 0.25) is 0 Å². The van der Waals surface area contributed by atoms with Crippen LogP contribution in [0.4, 0.5) is 0 Å². The summed E-state index contributed by atoms with van der Waals surface area (Å²) in [6, 6.07) is 38.4. The molecule has 8 rings (SSSR count). The van der Waals surface area contributed by atoms with Gasteiger partial charge >= 0.3 is 0 Å². The molecule has 41 heavy (non-hydrogen) atoms. The summed E-state index contributed by atoms with van der Waals surface area (Å²) in [6.07, 6.45) is 5.46. The van der Waals surface area contributed by atoms with E-state index in [1.165, 1.54) is 29.1 Å². The molecule has 0 bridgehead atoms. The van der Waals surface area contributed by atoms with Crippen LogP contribution in [0.25, 0.3) is 49.4 Å². The van der Waals surface area contributed by atoms with Crippen LogP contribution < -0.4 is 4.74 Å². The van der Waals surface area contributed by atoms with Crippen LogP contribution in [0.2, 0.25) is 0 Å². The second-order valence-corrected chi connectivity index (χ2v) is 10.5. The molecule has 206 valence electrons. The van der Waals surface area contributed by atoms with Crippen LogP contribution in [0, 0.1) is 19.2 Å². The van der Waals surface area contributed by atoms with E-state index in [0.29, 0.717) is 11.5 Å². The molecule has 0 spiro atoms. The Morgan fingerprint density at radius 2 is 1.37 bits per heavy atom. The second-order valence-electron chi connectivity index (χ2n) is 10.5. The fourth-order valence-corrected chi connectivity index (χ4v) is 6.31. The first kappa shape index (κ1) is 26.0. The fourth-order valence-electron chi connectivity index (χ4n) is 6.31. The van der Waals surface area contributed by atoms with Crippen molar-refractivity contribution < 1.29 is 25.8 Å². The summed E-state index contributed by atoms with van der Waals surface area (Å²) in [7, 11) is 4.37. The number of piperidine rings is 1. The third kappa shape index (κ3) is 4.27. The van der Waals surface area contributed by atoms with Gasteiger partial charge in [0.15, 0.2) is 0 Å². The average molecular weight is 715 g/mol. The molecule has 0 saturated carbocycles. The maximum absolute atomic E-state index is 6.46. The summed E-state index contributed by atoms with van der Waals surface area (Å²) in [5, 5.41) is 4.68. The van der Waals surface area contributed by atoms with Crippen LogP contribution >= 0.6 is 0 Å². The van der Waals surface area contributed by atoms with Crippen molar-refractivity contribution in [3.63, 3.8) is 0 Å². The monoisotopic (exact) mass is 714 g/mol. The number of ether oxygens (including phenoxy) is 1. The van der Waals surface area contributed by atoms with Gasteiger partial charge in [-0.15, -0.1) is 35.0 Å². The number of para-hydroxylation sites is 2. The van der Waals surface area contributed by atoms with Crippen molar-refractivity contribution in [3.05, 3.63) is 116 Å². The molecule has 7 aromatic rings. The zero-order valence-corrected chi connectivity index (χ0v) is 24.6. The van der Waals surface area contributed by atoms with Crippen molar-refractivity contribution in [1.29, 1.82) is 0 Å². The van der Waals surface area contributed by atoms with Gasteiger partial charge in [0.25, 0.3) is 0 Å². The van der Waals surface area contributed by atoms with Gasteiger partial charge in [-0.05, 0) is 60.8 Å². The molecule has 3 aromatic heterocycles. The predicted molar refractivity (Wildman–Crippen MR) is 161 cm³/mol. The summed E-state index contributed by atoms with van der Waals surface area (Å²) >= 11 is 0. The largest absolute Gasteiger partial charge is 0.509 e. The van der Waals surface area contributed by atoms with Crippen LogP contribution in [0.5, 0.6) is 11.5 Å². The van der Waals surface area contributed by atoms with Crippen molar-refractivity contribution in [1.82, 2.24) is 19.0 Å². The number of aromatic nitrogens is 3. The normalized spacial score (nSPS) is 16.0. The van der Waals surface area contributed by atoms with Crippen molar-refractivity contribution in [3.8, 4) is 17.3 Å². The summed E-state index contributed by atoms with van der Waals surface area (Å²) in [5.41, 5.74) is 4.28. The summed E-state index contributed by atoms with van der Waals surface area (Å²) < 4.78 is 11.0. The Morgan fingerprint density at radius 1 is 0.707 bits per heavy atom. The van der Waals surface area contributed by atoms with E-state index in [9.17, 15) is 0 Å². The minimum Gasteiger partial charge on any atom is -0.509 e. The molecule has 0 aliphatic carbocycles. The molecule has 0 N–H and O–H groups in total. The molecule has 1 fully saturated rings. The fraction of sp³-hybridized carbons (Fsp3) is 0.143. The standard InChI is InChI=1S/C35H27N4O.Pt/c1-37-21-9-7-15-35(37)39-31-13-5-3-11-27(31)29-19-17-25(23-33(29)39)40-24-16-18-28-26-10-2-4-12-30(26)38(32(28)22-24)34-14-6-8-20-36-34;/h2-6,8,10-14,16-20,35H,1,7,9,15,21H2;/q-3;. The van der Waals surface area contributed by atoms with Crippen LogP contribution in [-0.4, -0.2) is 25.6 Å². The van der Waals surface area contributed by atoms with E-state index in [2.05, 4.69) is 98.9 Å². The molecule has 1 saturated heterocycles. The van der Waals surface area contributed by atoms with E-state index in [0.717, 1.165) is 46.1 Å². The van der Waals surface area contributed by atoms with Gasteiger partial charge in [-0.2, -0.15) is 12.1 Å². The first-order valence-electron chi connectivity index (χ1n) is 13.8. The molecule has 6 heteroatoms. The summed E-state index contributed by atoms with van der Waals surface area (Å²) in [4.78, 5) is 6.85. The second kappa shape index (κ2) is 10.5. The molecule has 0 amide bonds. The Bertz CT molecular complexity index is 2030. The van der Waals surface area contributed by atoms with E-state index in [1.807, 2.05) is 36.5 Å². The van der Waals surface area contributed by atoms with Gasteiger partial charge in [-0.25, -0.2) is 4.98 Å². The molecule has 1 aliphatic rings. The smallest absolute Gasteiger partial charge is 0.135 e. The Morgan fingerprint density at radius 3 is 2.10 bits per heavy atom. The van der Waals surface area contributed by atoms with E-state index in [4.69, 9.17) is 4.74 Å². The molecule has 1 aliphatic heterocycles. The Hall–Kier alpha value is -3.92. The topological polar surface area (TPSA) is 35.2 Å². The van der Waals surface area contributed by atoms with Gasteiger partial charge in [0, 0.05) is 49.8 Å². The van der Waals surface area contributed by atoms with E-state index < -0.39 is 0 Å². The maximum atomic E-state index is 6.46. The molecule has 4 aromatic carbocycles. The summed E-state index contributed by atoms with van der Waals surface area (Å²) in [5.74, 6) is 2.16. The quantitative estimate of drug-likeness (QED) is 0.172. The number of nitrogens with zero attached hydrogens (tertiary/aromatic N) is 4. The number of hydrogen-bond donors (Lipinski definition) is 0. The van der Waals surface area contributed by atoms with Crippen LogP contribution in [0.1, 0.15) is 25.4 Å².